The molecule has 1 heterocycles. The van der Waals surface area contributed by atoms with E-state index in [1.165, 1.54) is 0 Å². The van der Waals surface area contributed by atoms with Crippen molar-refractivity contribution in [2.45, 2.75) is 31.8 Å². The van der Waals surface area contributed by atoms with Crippen LogP contribution in [0.25, 0.3) is 0 Å². The van der Waals surface area contributed by atoms with Gasteiger partial charge in [0.25, 0.3) is 0 Å². The number of hydrogen-bond donors (Lipinski definition) is 2. The lowest BCUT2D eigenvalue weighted by Crippen LogP contribution is -2.48. The maximum Gasteiger partial charge on any atom is 0.243 e. The average molecular weight is 415 g/mol. The van der Waals surface area contributed by atoms with Crippen molar-refractivity contribution in [2.75, 3.05) is 32.8 Å². The molecule has 0 unspecified atom stereocenters. The Kier molecular flexibility index (Phi) is 8.93. The number of carbonyl (C=O) groups is 2. The third kappa shape index (κ3) is 6.42. The van der Waals surface area contributed by atoms with Crippen LogP contribution in [0, 0.1) is 0 Å². The van der Waals surface area contributed by atoms with Crippen LogP contribution < -0.4 is 24.8 Å². The van der Waals surface area contributed by atoms with Crippen molar-refractivity contribution in [3.63, 3.8) is 0 Å². The van der Waals surface area contributed by atoms with E-state index in [2.05, 4.69) is 10.6 Å². The van der Waals surface area contributed by atoms with E-state index < -0.39 is 6.04 Å². The lowest BCUT2D eigenvalue weighted by Gasteiger charge is -2.20. The largest absolute Gasteiger partial charge is 0.496 e. The van der Waals surface area contributed by atoms with Crippen molar-refractivity contribution in [2.24, 2.45) is 0 Å². The first-order valence-electron chi connectivity index (χ1n) is 8.69. The molecule has 1 saturated heterocycles. The summed E-state index contributed by atoms with van der Waals surface area (Å²) in [7, 11) is 8.01. The van der Waals surface area contributed by atoms with Gasteiger partial charge in [0.2, 0.25) is 11.8 Å². The molecular weight excluding hydrogens is 388 g/mol. The van der Waals surface area contributed by atoms with E-state index in [1.54, 1.807) is 55.0 Å². The zero-order chi connectivity index (χ0) is 19.6. The minimum Gasteiger partial charge on any atom is -0.496 e. The van der Waals surface area contributed by atoms with Gasteiger partial charge in [-0.1, -0.05) is 21.6 Å². The predicted molar refractivity (Wildman–Crippen MR) is 109 cm³/mol. The first-order chi connectivity index (χ1) is 13.1. The van der Waals surface area contributed by atoms with Crippen LogP contribution in [0.15, 0.2) is 12.1 Å². The highest BCUT2D eigenvalue weighted by Crippen LogP contribution is 2.34. The van der Waals surface area contributed by atoms with Crippen molar-refractivity contribution < 1.29 is 23.8 Å². The Morgan fingerprint density at radius 2 is 1.85 bits per heavy atom. The molecule has 1 aromatic rings. The van der Waals surface area contributed by atoms with E-state index in [4.69, 9.17) is 14.2 Å². The van der Waals surface area contributed by atoms with Crippen LogP contribution in [0.5, 0.6) is 17.2 Å². The number of rotatable bonds is 6. The van der Waals surface area contributed by atoms with Crippen LogP contribution in [0.3, 0.4) is 0 Å². The summed E-state index contributed by atoms with van der Waals surface area (Å²) < 4.78 is 16.0. The molecule has 9 heteroatoms. The van der Waals surface area contributed by atoms with E-state index in [0.29, 0.717) is 35.0 Å². The highest BCUT2D eigenvalue weighted by Gasteiger charge is 2.23. The Labute approximate surface area is 167 Å². The molecule has 0 spiro atoms. The number of ether oxygens (including phenoxy) is 3. The van der Waals surface area contributed by atoms with Crippen LogP contribution in [-0.4, -0.2) is 50.7 Å². The van der Waals surface area contributed by atoms with Gasteiger partial charge in [0.05, 0.1) is 33.4 Å². The van der Waals surface area contributed by atoms with E-state index >= 15 is 0 Å². The summed E-state index contributed by atoms with van der Waals surface area (Å²) in [4.78, 5) is 24.6. The number of benzene rings is 1. The molecule has 0 radical (unpaired) electrons. The number of carbonyl (C=O) groups excluding carboxylic acids is 2. The topological polar surface area (TPSA) is 85.9 Å². The molecule has 2 rings (SSSR count). The first kappa shape index (κ1) is 21.6. The summed E-state index contributed by atoms with van der Waals surface area (Å²) in [6.07, 6.45) is 2.31. The fourth-order valence-corrected chi connectivity index (χ4v) is 4.93. The first-order valence-corrected chi connectivity index (χ1v) is 11.2. The Morgan fingerprint density at radius 3 is 2.48 bits per heavy atom. The minimum atomic E-state index is -0.566. The third-order valence-corrected chi connectivity index (χ3v) is 6.61. The van der Waals surface area contributed by atoms with Gasteiger partial charge in [-0.2, -0.15) is 0 Å². The molecule has 2 N–H and O–H groups in total. The SMILES string of the molecule is COc1cc(OC)c(CNC(=O)[C@@H]2CSSCCCCC(=O)N2)c(OC)c1. The van der Waals surface area contributed by atoms with Crippen molar-refractivity contribution in [1.82, 2.24) is 10.6 Å². The van der Waals surface area contributed by atoms with Gasteiger partial charge in [0.1, 0.15) is 23.3 Å². The zero-order valence-electron chi connectivity index (χ0n) is 15.8. The van der Waals surface area contributed by atoms with Gasteiger partial charge in [-0.25, -0.2) is 0 Å². The van der Waals surface area contributed by atoms with Gasteiger partial charge in [-0.3, -0.25) is 9.59 Å². The summed E-state index contributed by atoms with van der Waals surface area (Å²) in [6.45, 7) is 0.222. The highest BCUT2D eigenvalue weighted by atomic mass is 33.1. The smallest absolute Gasteiger partial charge is 0.243 e. The Bertz CT molecular complexity index is 632. The van der Waals surface area contributed by atoms with Gasteiger partial charge in [0, 0.05) is 30.1 Å². The molecule has 0 aromatic heterocycles. The van der Waals surface area contributed by atoms with Crippen LogP contribution in [0.1, 0.15) is 24.8 Å². The molecule has 0 bridgehead atoms. The molecule has 1 aliphatic heterocycles. The molecular formula is C18H26N2O5S2. The quantitative estimate of drug-likeness (QED) is 0.691. The van der Waals surface area contributed by atoms with Crippen LogP contribution in [-0.2, 0) is 16.1 Å². The maximum absolute atomic E-state index is 12.6. The molecule has 150 valence electrons. The summed E-state index contributed by atoms with van der Waals surface area (Å²) in [5.41, 5.74) is 0.711. The fraction of sp³-hybridized carbons (Fsp3) is 0.556. The summed E-state index contributed by atoms with van der Waals surface area (Å²) in [6, 6.07) is 2.91. The second-order valence-electron chi connectivity index (χ2n) is 5.91. The number of amides is 2. The molecule has 1 atom stereocenters. The van der Waals surface area contributed by atoms with Crippen molar-refractivity contribution in [3.05, 3.63) is 17.7 Å². The Balaban J connectivity index is 2.07. The van der Waals surface area contributed by atoms with Crippen LogP contribution >= 0.6 is 21.6 Å². The monoisotopic (exact) mass is 414 g/mol. The fourth-order valence-electron chi connectivity index (χ4n) is 2.62. The predicted octanol–water partition coefficient (Wildman–Crippen LogP) is 2.38. The van der Waals surface area contributed by atoms with Crippen LogP contribution in [0.4, 0.5) is 0 Å². The highest BCUT2D eigenvalue weighted by molar-refractivity contribution is 8.76. The van der Waals surface area contributed by atoms with E-state index in [9.17, 15) is 9.59 Å². The third-order valence-electron chi connectivity index (χ3n) is 4.11. The van der Waals surface area contributed by atoms with Gasteiger partial charge >= 0.3 is 0 Å². The van der Waals surface area contributed by atoms with Gasteiger partial charge in [-0.15, -0.1) is 0 Å². The van der Waals surface area contributed by atoms with Crippen molar-refractivity contribution >= 4 is 33.4 Å². The molecule has 2 amide bonds. The van der Waals surface area contributed by atoms with Gasteiger partial charge in [-0.05, 0) is 12.8 Å². The average Bonchev–Trinajstić information content (AvgIpc) is 2.69. The van der Waals surface area contributed by atoms with Crippen molar-refractivity contribution in [3.8, 4) is 17.2 Å². The maximum atomic E-state index is 12.6. The Morgan fingerprint density at radius 1 is 1.15 bits per heavy atom. The second kappa shape index (κ2) is 11.2. The minimum absolute atomic E-state index is 0.0812. The summed E-state index contributed by atoms with van der Waals surface area (Å²) in [5, 5.41) is 5.71. The molecule has 0 aliphatic carbocycles. The van der Waals surface area contributed by atoms with E-state index in [0.717, 1.165) is 18.6 Å². The molecule has 27 heavy (non-hydrogen) atoms. The van der Waals surface area contributed by atoms with E-state index in [1.807, 2.05) is 0 Å². The van der Waals surface area contributed by atoms with E-state index in [-0.39, 0.29) is 18.4 Å². The molecule has 7 nitrogen and oxygen atoms in total. The summed E-state index contributed by atoms with van der Waals surface area (Å²) in [5.74, 6) is 2.94. The second-order valence-corrected chi connectivity index (χ2v) is 8.54. The Hall–Kier alpha value is -1.74. The van der Waals surface area contributed by atoms with Crippen molar-refractivity contribution in [1.29, 1.82) is 0 Å². The molecule has 1 fully saturated rings. The molecule has 1 aliphatic rings. The van der Waals surface area contributed by atoms with Gasteiger partial charge < -0.3 is 24.8 Å². The lowest BCUT2D eigenvalue weighted by molar-refractivity contribution is -0.128. The number of methoxy groups -OCH3 is 3. The lowest BCUT2D eigenvalue weighted by atomic mass is 10.1. The zero-order valence-corrected chi connectivity index (χ0v) is 17.5. The van der Waals surface area contributed by atoms with Crippen LogP contribution in [0.2, 0.25) is 0 Å². The number of nitrogens with one attached hydrogen (secondary N) is 2. The molecule has 0 saturated carbocycles. The molecule has 1 aromatic carbocycles. The van der Waals surface area contributed by atoms with Gasteiger partial charge in [0.15, 0.2) is 0 Å². The number of hydrogen-bond acceptors (Lipinski definition) is 7. The normalized spacial score (nSPS) is 18.2. The summed E-state index contributed by atoms with van der Waals surface area (Å²) >= 11 is 0. The standard InChI is InChI=1S/C18H26N2O5S2/c1-23-12-8-15(24-2)13(16(9-12)25-3)10-19-18(22)14-11-27-26-7-5-4-6-17(21)20-14/h8-9,14H,4-7,10-11H2,1-3H3,(H,19,22)(H,20,21)/t14-/m0/s1.